The fourth-order valence-electron chi connectivity index (χ4n) is 4.85. The smallest absolute Gasteiger partial charge is 0.298 e. The average Bonchev–Trinajstić information content (AvgIpc) is 3.37. The largest absolute Gasteiger partial charge is 0.486 e. The highest BCUT2D eigenvalue weighted by Gasteiger charge is 2.42. The maximum absolute atomic E-state index is 14.8. The zero-order chi connectivity index (χ0) is 23.8. The molecule has 6 nitrogen and oxygen atoms in total. The molecule has 1 aromatic carbocycles. The van der Waals surface area contributed by atoms with Crippen molar-refractivity contribution in [2.24, 2.45) is 11.3 Å². The number of carbonyl (C=O) groups excluding carboxylic acids is 1. The summed E-state index contributed by atoms with van der Waals surface area (Å²) in [6, 6.07) is 3.21. The van der Waals surface area contributed by atoms with Crippen LogP contribution in [0.15, 0.2) is 16.5 Å². The fourth-order valence-corrected chi connectivity index (χ4v) is 5.10. The first-order chi connectivity index (χ1) is 15.8. The minimum Gasteiger partial charge on any atom is -0.486 e. The van der Waals surface area contributed by atoms with Gasteiger partial charge >= 0.3 is 0 Å². The van der Waals surface area contributed by atoms with Gasteiger partial charge < -0.3 is 19.4 Å². The Bertz CT molecular complexity index is 989. The molecule has 0 bridgehead atoms. The van der Waals surface area contributed by atoms with Crippen LogP contribution in [0.1, 0.15) is 76.0 Å². The maximum Gasteiger partial charge on any atom is 0.298 e. The molecule has 180 valence electrons. The van der Waals surface area contributed by atoms with Gasteiger partial charge in [0.05, 0.1) is 11.1 Å². The number of oxazole rings is 1. The first-order valence-corrected chi connectivity index (χ1v) is 12.4. The van der Waals surface area contributed by atoms with Gasteiger partial charge in [-0.3, -0.25) is 4.79 Å². The van der Waals surface area contributed by atoms with Crippen molar-refractivity contribution in [2.45, 2.75) is 72.3 Å². The van der Waals surface area contributed by atoms with E-state index in [0.29, 0.717) is 24.1 Å². The lowest BCUT2D eigenvalue weighted by Gasteiger charge is -2.48. The van der Waals surface area contributed by atoms with Gasteiger partial charge in [0.1, 0.15) is 5.76 Å². The normalized spacial score (nSPS) is 21.7. The van der Waals surface area contributed by atoms with Crippen molar-refractivity contribution in [3.63, 3.8) is 0 Å². The van der Waals surface area contributed by atoms with Crippen LogP contribution in [0.2, 0.25) is 5.02 Å². The first kappa shape index (κ1) is 23.9. The van der Waals surface area contributed by atoms with Crippen molar-refractivity contribution in [2.75, 3.05) is 23.3 Å². The predicted octanol–water partition coefficient (Wildman–Crippen LogP) is 6.48. The molecule has 1 aliphatic heterocycles. The van der Waals surface area contributed by atoms with Crippen LogP contribution < -0.4 is 15.0 Å². The standard InChI is InChI=1S/C25H33ClFN3O3/c1-5-20-21(29-24(33-20)30-13-25(6-2,7-3)14-30)23(31)28-16-11-18(26)22(19(27)12-16)32-17-9-8-15(4)10-17/h11-12,15,17H,5-10,13-14H2,1-4H3,(H,28,31)/t15?,17-/m1/s1. The molecule has 1 unspecified atom stereocenters. The lowest BCUT2D eigenvalue weighted by molar-refractivity contribution is 0.102. The third kappa shape index (κ3) is 4.84. The summed E-state index contributed by atoms with van der Waals surface area (Å²) in [4.78, 5) is 19.5. The number of hydrogen-bond acceptors (Lipinski definition) is 5. The molecule has 1 saturated heterocycles. The Morgan fingerprint density at radius 1 is 1.30 bits per heavy atom. The van der Waals surface area contributed by atoms with Crippen LogP contribution in [0.5, 0.6) is 5.75 Å². The summed E-state index contributed by atoms with van der Waals surface area (Å²) in [6.45, 7) is 10.2. The van der Waals surface area contributed by atoms with Gasteiger partial charge in [-0.1, -0.05) is 39.3 Å². The number of amides is 1. The third-order valence-electron chi connectivity index (χ3n) is 7.23. The number of benzene rings is 1. The van der Waals surface area contributed by atoms with Crippen molar-refractivity contribution in [1.29, 1.82) is 0 Å². The summed E-state index contributed by atoms with van der Waals surface area (Å²) in [5.74, 6) is 0.0696. The highest BCUT2D eigenvalue weighted by atomic mass is 35.5. The lowest BCUT2D eigenvalue weighted by Crippen LogP contribution is -2.56. The molecule has 1 aliphatic carbocycles. The molecular formula is C25H33ClFN3O3. The zero-order valence-corrected chi connectivity index (χ0v) is 20.6. The maximum atomic E-state index is 14.8. The third-order valence-corrected chi connectivity index (χ3v) is 7.51. The van der Waals surface area contributed by atoms with Gasteiger partial charge in [0.25, 0.3) is 11.9 Å². The minimum atomic E-state index is -0.593. The highest BCUT2D eigenvalue weighted by molar-refractivity contribution is 6.32. The SMILES string of the molecule is CCc1oc(N2CC(CC)(CC)C2)nc1C(=O)Nc1cc(F)c(O[C@@H]2CCC(C)C2)c(Cl)c1. The van der Waals surface area contributed by atoms with Gasteiger partial charge in [-0.2, -0.15) is 4.98 Å². The van der Waals surface area contributed by atoms with Crippen molar-refractivity contribution < 1.29 is 18.3 Å². The first-order valence-electron chi connectivity index (χ1n) is 12.0. The van der Waals surface area contributed by atoms with Gasteiger partial charge in [-0.25, -0.2) is 4.39 Å². The summed E-state index contributed by atoms with van der Waals surface area (Å²) < 4.78 is 26.5. The Kier molecular flexibility index (Phi) is 6.89. The number of carbonyl (C=O) groups is 1. The van der Waals surface area contributed by atoms with Gasteiger partial charge in [-0.15, -0.1) is 0 Å². The number of ether oxygens (including phenoxy) is 1. The number of anilines is 2. The number of aromatic nitrogens is 1. The molecule has 4 rings (SSSR count). The number of rotatable bonds is 8. The van der Waals surface area contributed by atoms with E-state index in [4.69, 9.17) is 20.8 Å². The van der Waals surface area contributed by atoms with Crippen LogP contribution in [-0.4, -0.2) is 30.1 Å². The van der Waals surface area contributed by atoms with Gasteiger partial charge in [-0.05, 0) is 44.1 Å². The van der Waals surface area contributed by atoms with Crippen LogP contribution in [-0.2, 0) is 6.42 Å². The number of nitrogens with one attached hydrogen (secondary N) is 1. The summed E-state index contributed by atoms with van der Waals surface area (Å²) in [5, 5.41) is 2.85. The zero-order valence-electron chi connectivity index (χ0n) is 19.8. The molecule has 1 aromatic heterocycles. The van der Waals surface area contributed by atoms with E-state index in [-0.39, 0.29) is 33.7 Å². The summed E-state index contributed by atoms with van der Waals surface area (Å²) in [7, 11) is 0. The van der Waals surface area contributed by atoms with Crippen molar-refractivity contribution in [3.05, 3.63) is 34.4 Å². The number of nitrogens with zero attached hydrogens (tertiary/aromatic N) is 2. The minimum absolute atomic E-state index is 0.0336. The summed E-state index contributed by atoms with van der Waals surface area (Å²) >= 11 is 6.31. The predicted molar refractivity (Wildman–Crippen MR) is 128 cm³/mol. The molecule has 2 atom stereocenters. The van der Waals surface area contributed by atoms with E-state index in [1.165, 1.54) is 12.1 Å². The van der Waals surface area contributed by atoms with E-state index in [1.807, 2.05) is 6.92 Å². The van der Waals surface area contributed by atoms with Crippen molar-refractivity contribution in [1.82, 2.24) is 4.98 Å². The quantitative estimate of drug-likeness (QED) is 0.471. The van der Waals surface area contributed by atoms with Gasteiger partial charge in [0.15, 0.2) is 17.3 Å². The Morgan fingerprint density at radius 3 is 2.61 bits per heavy atom. The Morgan fingerprint density at radius 2 is 2.03 bits per heavy atom. The second kappa shape index (κ2) is 9.53. The second-order valence-corrected chi connectivity index (χ2v) is 9.97. The Balaban J connectivity index is 1.46. The molecule has 33 heavy (non-hydrogen) atoms. The number of hydrogen-bond donors (Lipinski definition) is 1. The molecule has 8 heteroatoms. The van der Waals surface area contributed by atoms with Gasteiger partial charge in [0, 0.05) is 36.7 Å². The van der Waals surface area contributed by atoms with E-state index >= 15 is 0 Å². The van der Waals surface area contributed by atoms with Crippen LogP contribution in [0, 0.1) is 17.2 Å². The highest BCUT2D eigenvalue weighted by Crippen LogP contribution is 2.40. The molecule has 0 radical (unpaired) electrons. The molecule has 2 aliphatic rings. The van der Waals surface area contributed by atoms with E-state index in [0.717, 1.165) is 45.2 Å². The Hall–Kier alpha value is -2.28. The van der Waals surface area contributed by atoms with Gasteiger partial charge in [0.2, 0.25) is 0 Å². The number of halogens is 2. The molecular weight excluding hydrogens is 445 g/mol. The molecule has 2 aromatic rings. The van der Waals surface area contributed by atoms with E-state index in [9.17, 15) is 9.18 Å². The molecule has 2 heterocycles. The molecule has 0 spiro atoms. The van der Waals surface area contributed by atoms with Crippen molar-refractivity contribution in [3.8, 4) is 5.75 Å². The van der Waals surface area contributed by atoms with E-state index in [2.05, 4.69) is 36.0 Å². The lowest BCUT2D eigenvalue weighted by atomic mass is 9.75. The van der Waals surface area contributed by atoms with Crippen molar-refractivity contribution >= 4 is 29.2 Å². The van der Waals surface area contributed by atoms with E-state index in [1.54, 1.807) is 0 Å². The second-order valence-electron chi connectivity index (χ2n) is 9.57. The molecule has 2 fully saturated rings. The summed E-state index contributed by atoms with van der Waals surface area (Å²) in [6.07, 6.45) is 5.52. The van der Waals surface area contributed by atoms with Crippen LogP contribution >= 0.6 is 11.6 Å². The average molecular weight is 478 g/mol. The number of aryl methyl sites for hydroxylation is 1. The van der Waals surface area contributed by atoms with E-state index < -0.39 is 11.7 Å². The van der Waals surface area contributed by atoms with Crippen LogP contribution in [0.25, 0.3) is 0 Å². The van der Waals surface area contributed by atoms with Crippen LogP contribution in [0.3, 0.4) is 0 Å². The fraction of sp³-hybridized carbons (Fsp3) is 0.600. The summed E-state index contributed by atoms with van der Waals surface area (Å²) in [5.41, 5.74) is 0.758. The molecule has 1 N–H and O–H groups in total. The Labute approximate surface area is 199 Å². The monoisotopic (exact) mass is 477 g/mol. The van der Waals surface area contributed by atoms with Crippen LogP contribution in [0.4, 0.5) is 16.1 Å². The molecule has 1 saturated carbocycles. The topological polar surface area (TPSA) is 67.6 Å². The molecule has 1 amide bonds.